The van der Waals surface area contributed by atoms with Gasteiger partial charge in [-0.15, -0.1) is 0 Å². The van der Waals surface area contributed by atoms with Gasteiger partial charge < -0.3 is 11.1 Å². The number of likely N-dealkylation sites (tertiary alicyclic amines) is 1. The predicted octanol–water partition coefficient (Wildman–Crippen LogP) is 1.35. The Morgan fingerprint density at radius 2 is 2.00 bits per heavy atom. The molecule has 1 fully saturated rings. The Balaban J connectivity index is 2.96. The van der Waals surface area contributed by atoms with Gasteiger partial charge in [-0.25, -0.2) is 0 Å². The van der Waals surface area contributed by atoms with Crippen LogP contribution in [0.5, 0.6) is 0 Å². The molecular formula is C14H29N3O. The van der Waals surface area contributed by atoms with Crippen LogP contribution >= 0.6 is 0 Å². The third-order valence-electron chi connectivity index (χ3n) is 3.84. The molecule has 0 aromatic rings. The van der Waals surface area contributed by atoms with E-state index >= 15 is 0 Å². The number of hydrogen-bond donors (Lipinski definition) is 2. The summed E-state index contributed by atoms with van der Waals surface area (Å²) in [6.45, 7) is 9.64. The average molecular weight is 255 g/mol. The fourth-order valence-electron chi connectivity index (χ4n) is 3.32. The van der Waals surface area contributed by atoms with Crippen molar-refractivity contribution >= 4 is 5.91 Å². The Morgan fingerprint density at radius 3 is 2.44 bits per heavy atom. The topological polar surface area (TPSA) is 58.4 Å². The van der Waals surface area contributed by atoms with Gasteiger partial charge in [-0.1, -0.05) is 27.2 Å². The van der Waals surface area contributed by atoms with E-state index in [1.807, 2.05) is 6.92 Å². The summed E-state index contributed by atoms with van der Waals surface area (Å²) in [5, 5.41) is 2.79. The van der Waals surface area contributed by atoms with Crippen molar-refractivity contribution in [2.24, 2.45) is 11.1 Å². The average Bonchev–Trinajstić information content (AvgIpc) is 2.26. The maximum Gasteiger partial charge on any atom is 0.237 e. The van der Waals surface area contributed by atoms with Gasteiger partial charge in [0, 0.05) is 19.1 Å². The molecule has 0 bridgehead atoms. The normalized spacial score (nSPS) is 25.6. The molecule has 1 saturated heterocycles. The molecule has 3 unspecified atom stereocenters. The highest BCUT2D eigenvalue weighted by Gasteiger charge is 2.40. The molecule has 1 amide bonds. The van der Waals surface area contributed by atoms with Gasteiger partial charge in [0.2, 0.25) is 5.91 Å². The van der Waals surface area contributed by atoms with Gasteiger partial charge in [-0.2, -0.15) is 0 Å². The van der Waals surface area contributed by atoms with Crippen LogP contribution in [0.25, 0.3) is 0 Å². The minimum Gasteiger partial charge on any atom is -0.358 e. The molecule has 1 heterocycles. The van der Waals surface area contributed by atoms with Crippen LogP contribution in [-0.4, -0.2) is 42.5 Å². The van der Waals surface area contributed by atoms with E-state index in [2.05, 4.69) is 31.0 Å². The van der Waals surface area contributed by atoms with Gasteiger partial charge in [0.05, 0.1) is 6.04 Å². The summed E-state index contributed by atoms with van der Waals surface area (Å²) >= 11 is 0. The van der Waals surface area contributed by atoms with E-state index in [4.69, 9.17) is 5.73 Å². The minimum atomic E-state index is -0.0148. The maximum atomic E-state index is 12.0. The Morgan fingerprint density at radius 1 is 1.39 bits per heavy atom. The number of carbonyl (C=O) groups is 1. The molecule has 3 N–H and O–H groups in total. The van der Waals surface area contributed by atoms with Crippen molar-refractivity contribution in [1.29, 1.82) is 0 Å². The fraction of sp³-hybridized carbons (Fsp3) is 0.929. The van der Waals surface area contributed by atoms with Crippen molar-refractivity contribution in [3.05, 3.63) is 0 Å². The van der Waals surface area contributed by atoms with Crippen LogP contribution in [0.4, 0.5) is 0 Å². The fourth-order valence-corrected chi connectivity index (χ4v) is 3.32. The third kappa shape index (κ3) is 3.45. The van der Waals surface area contributed by atoms with Crippen LogP contribution in [0.3, 0.4) is 0 Å². The number of carbonyl (C=O) groups excluding carboxylic acids is 1. The molecule has 0 spiro atoms. The molecule has 0 aliphatic carbocycles. The lowest BCUT2D eigenvalue weighted by Gasteiger charge is -2.47. The molecule has 0 saturated carbocycles. The molecule has 18 heavy (non-hydrogen) atoms. The predicted molar refractivity (Wildman–Crippen MR) is 75.3 cm³/mol. The number of hydrogen-bond acceptors (Lipinski definition) is 3. The zero-order chi connectivity index (χ0) is 13.9. The zero-order valence-electron chi connectivity index (χ0n) is 12.5. The van der Waals surface area contributed by atoms with E-state index in [9.17, 15) is 4.79 Å². The smallest absolute Gasteiger partial charge is 0.237 e. The van der Waals surface area contributed by atoms with Crippen molar-refractivity contribution in [3.63, 3.8) is 0 Å². The summed E-state index contributed by atoms with van der Waals surface area (Å²) in [7, 11) is 1.72. The van der Waals surface area contributed by atoms with E-state index < -0.39 is 0 Å². The van der Waals surface area contributed by atoms with E-state index in [0.29, 0.717) is 0 Å². The van der Waals surface area contributed by atoms with Crippen LogP contribution in [0, 0.1) is 5.41 Å². The highest BCUT2D eigenvalue weighted by atomic mass is 16.2. The van der Waals surface area contributed by atoms with Gasteiger partial charge in [0.25, 0.3) is 0 Å². The highest BCUT2D eigenvalue weighted by molar-refractivity contribution is 5.81. The first-order chi connectivity index (χ1) is 8.29. The van der Waals surface area contributed by atoms with Crippen molar-refractivity contribution < 1.29 is 4.79 Å². The molecule has 4 heteroatoms. The van der Waals surface area contributed by atoms with E-state index in [1.165, 1.54) is 0 Å². The van der Waals surface area contributed by atoms with Gasteiger partial charge >= 0.3 is 0 Å². The second-order valence-corrected chi connectivity index (χ2v) is 6.53. The monoisotopic (exact) mass is 255 g/mol. The van der Waals surface area contributed by atoms with Crippen LogP contribution in [0.15, 0.2) is 0 Å². The summed E-state index contributed by atoms with van der Waals surface area (Å²) < 4.78 is 0. The Labute approximate surface area is 111 Å². The Kier molecular flexibility index (Phi) is 5.17. The lowest BCUT2D eigenvalue weighted by Crippen LogP contribution is -2.61. The van der Waals surface area contributed by atoms with Crippen LogP contribution in [0.1, 0.15) is 47.0 Å². The van der Waals surface area contributed by atoms with Gasteiger partial charge in [0.1, 0.15) is 0 Å². The van der Waals surface area contributed by atoms with E-state index in [-0.39, 0.29) is 29.4 Å². The summed E-state index contributed by atoms with van der Waals surface area (Å²) in [6, 6.07) is 0.286. The lowest BCUT2D eigenvalue weighted by atomic mass is 9.80. The number of likely N-dealkylation sites (N-methyl/N-ethyl adjacent to an activating group) is 1. The summed E-state index contributed by atoms with van der Waals surface area (Å²) in [6.07, 6.45) is 3.23. The number of rotatable bonds is 3. The molecule has 1 aliphatic rings. The lowest BCUT2D eigenvalue weighted by molar-refractivity contribution is -0.129. The SMILES string of the molecule is CNC(=O)C1CCCCN1C(C(C)N)C(C)(C)C. The third-order valence-corrected chi connectivity index (χ3v) is 3.84. The van der Waals surface area contributed by atoms with Crippen LogP contribution in [-0.2, 0) is 4.79 Å². The maximum absolute atomic E-state index is 12.0. The standard InChI is InChI=1S/C14H29N3O/c1-10(15)12(14(2,3)4)17-9-7-6-8-11(17)13(18)16-5/h10-12H,6-9,15H2,1-5H3,(H,16,18). The van der Waals surface area contributed by atoms with E-state index in [1.54, 1.807) is 7.05 Å². The molecule has 0 aromatic heterocycles. The van der Waals surface area contributed by atoms with Gasteiger partial charge in [-0.3, -0.25) is 9.69 Å². The van der Waals surface area contributed by atoms with Crippen molar-refractivity contribution in [2.45, 2.75) is 65.1 Å². The van der Waals surface area contributed by atoms with E-state index in [0.717, 1.165) is 25.8 Å². The molecule has 1 rings (SSSR count). The first kappa shape index (κ1) is 15.4. The molecule has 4 nitrogen and oxygen atoms in total. The second kappa shape index (κ2) is 6.02. The van der Waals surface area contributed by atoms with Crippen molar-refractivity contribution in [1.82, 2.24) is 10.2 Å². The highest BCUT2D eigenvalue weighted by Crippen LogP contribution is 2.31. The van der Waals surface area contributed by atoms with Crippen LogP contribution < -0.4 is 11.1 Å². The molecule has 0 radical (unpaired) electrons. The summed E-state index contributed by atoms with van der Waals surface area (Å²) in [4.78, 5) is 14.4. The molecule has 0 aromatic carbocycles. The number of nitrogens with one attached hydrogen (secondary N) is 1. The summed E-state index contributed by atoms with van der Waals surface area (Å²) in [5.74, 6) is 0.129. The Hall–Kier alpha value is -0.610. The quantitative estimate of drug-likeness (QED) is 0.800. The van der Waals surface area contributed by atoms with Crippen LogP contribution in [0.2, 0.25) is 0 Å². The second-order valence-electron chi connectivity index (χ2n) is 6.53. The molecule has 3 atom stereocenters. The molecule has 1 aliphatic heterocycles. The number of nitrogens with two attached hydrogens (primary N) is 1. The van der Waals surface area contributed by atoms with Gasteiger partial charge in [0.15, 0.2) is 0 Å². The molecular weight excluding hydrogens is 226 g/mol. The molecule has 106 valence electrons. The summed E-state index contributed by atoms with van der Waals surface area (Å²) in [5.41, 5.74) is 6.27. The first-order valence-corrected chi connectivity index (χ1v) is 7.02. The number of amides is 1. The zero-order valence-corrected chi connectivity index (χ0v) is 12.5. The minimum absolute atomic E-state index is 0.0148. The number of piperidine rings is 1. The van der Waals surface area contributed by atoms with Crippen molar-refractivity contribution in [2.75, 3.05) is 13.6 Å². The Bertz CT molecular complexity index is 283. The van der Waals surface area contributed by atoms with Crippen molar-refractivity contribution in [3.8, 4) is 0 Å². The largest absolute Gasteiger partial charge is 0.358 e. The number of nitrogens with zero attached hydrogens (tertiary/aromatic N) is 1. The van der Waals surface area contributed by atoms with Gasteiger partial charge in [-0.05, 0) is 31.7 Å². The first-order valence-electron chi connectivity index (χ1n) is 7.02.